The van der Waals surface area contributed by atoms with Crippen LogP contribution in [0.1, 0.15) is 36.8 Å². The number of imidazole rings is 1. The van der Waals surface area contributed by atoms with Gasteiger partial charge in [-0.05, 0) is 44.5 Å². The molecular formula is C22H28N8O. The number of fused-ring (bicyclic) bond motifs is 1. The molecule has 0 aliphatic heterocycles. The Hall–Kier alpha value is -3.64. The molecule has 9 nitrogen and oxygen atoms in total. The number of nitrogens with one attached hydrogen (secondary N) is 3. The highest BCUT2D eigenvalue weighted by Gasteiger charge is 2.23. The third-order valence-corrected chi connectivity index (χ3v) is 4.50. The smallest absolute Gasteiger partial charge is 0.272 e. The van der Waals surface area contributed by atoms with Gasteiger partial charge in [0.1, 0.15) is 0 Å². The number of rotatable bonds is 8. The molecular weight excluding hydrogens is 392 g/mol. The molecule has 5 N–H and O–H groups in total. The van der Waals surface area contributed by atoms with Gasteiger partial charge in [0.2, 0.25) is 5.95 Å². The standard InChI is InChI=1S/C22H28N8O/c1-5-6-10-30-18(19(24-4)29-21(30)28-14-22(2,3)23)20(31)27-13-15-11-17-16(26-12-15)8-7-9-25-17/h7-9,11-12,24H,10,13-14,23H2,1-4H3,(H,27,31)(H,28,29). The molecule has 0 aromatic carbocycles. The Morgan fingerprint density at radius 2 is 2.10 bits per heavy atom. The summed E-state index contributed by atoms with van der Waals surface area (Å²) < 4.78 is 1.75. The number of nitrogens with two attached hydrogens (primary N) is 1. The molecule has 162 valence electrons. The average molecular weight is 421 g/mol. The summed E-state index contributed by atoms with van der Waals surface area (Å²) in [5, 5.41) is 9.17. The lowest BCUT2D eigenvalue weighted by molar-refractivity contribution is 0.0943. The van der Waals surface area contributed by atoms with Crippen molar-refractivity contribution in [1.82, 2.24) is 24.8 Å². The Labute approximate surface area is 181 Å². The molecule has 3 heterocycles. The molecule has 0 aliphatic carbocycles. The second-order valence-electron chi connectivity index (χ2n) is 7.81. The first-order valence-corrected chi connectivity index (χ1v) is 10.0. The van der Waals surface area contributed by atoms with E-state index in [2.05, 4.69) is 42.7 Å². The number of aromatic nitrogens is 4. The Kier molecular flexibility index (Phi) is 6.72. The summed E-state index contributed by atoms with van der Waals surface area (Å²) in [7, 11) is 1.73. The van der Waals surface area contributed by atoms with Crippen LogP contribution in [0, 0.1) is 11.8 Å². The highest BCUT2D eigenvalue weighted by molar-refractivity contribution is 5.98. The van der Waals surface area contributed by atoms with Crippen molar-refractivity contribution in [3.05, 3.63) is 41.9 Å². The van der Waals surface area contributed by atoms with Crippen LogP contribution < -0.4 is 21.7 Å². The van der Waals surface area contributed by atoms with Crippen molar-refractivity contribution < 1.29 is 4.79 Å². The quantitative estimate of drug-likeness (QED) is 0.411. The van der Waals surface area contributed by atoms with Gasteiger partial charge in [-0.1, -0.05) is 5.92 Å². The fraction of sp³-hybridized carbons (Fsp3) is 0.364. The van der Waals surface area contributed by atoms with Gasteiger partial charge in [0.25, 0.3) is 5.91 Å². The molecule has 31 heavy (non-hydrogen) atoms. The van der Waals surface area contributed by atoms with Crippen LogP contribution in [0.5, 0.6) is 0 Å². The number of nitrogens with zero attached hydrogens (tertiary/aromatic N) is 4. The van der Waals surface area contributed by atoms with Crippen LogP contribution in [0.25, 0.3) is 11.0 Å². The molecule has 3 aromatic heterocycles. The Balaban J connectivity index is 1.84. The van der Waals surface area contributed by atoms with Gasteiger partial charge in [-0.25, -0.2) is 0 Å². The minimum atomic E-state index is -0.438. The number of hydrogen-bond acceptors (Lipinski definition) is 7. The van der Waals surface area contributed by atoms with Crippen molar-refractivity contribution in [2.75, 3.05) is 24.2 Å². The first kappa shape index (κ1) is 22.1. The maximum atomic E-state index is 13.1. The number of carbonyl (C=O) groups is 1. The second kappa shape index (κ2) is 9.45. The largest absolute Gasteiger partial charge is 0.371 e. The van der Waals surface area contributed by atoms with Crippen LogP contribution in [0.2, 0.25) is 0 Å². The number of carbonyl (C=O) groups excluding carboxylic acids is 1. The van der Waals surface area contributed by atoms with Gasteiger partial charge in [-0.3, -0.25) is 19.3 Å². The maximum absolute atomic E-state index is 13.1. The van der Waals surface area contributed by atoms with E-state index in [-0.39, 0.29) is 5.91 Å². The minimum Gasteiger partial charge on any atom is -0.371 e. The molecule has 0 radical (unpaired) electrons. The van der Waals surface area contributed by atoms with Gasteiger partial charge in [0.15, 0.2) is 11.5 Å². The van der Waals surface area contributed by atoms with Crippen molar-refractivity contribution in [3.63, 3.8) is 0 Å². The minimum absolute atomic E-state index is 0.268. The zero-order chi connectivity index (χ0) is 22.4. The fourth-order valence-electron chi connectivity index (χ4n) is 2.97. The third kappa shape index (κ3) is 5.49. The number of amides is 1. The summed E-state index contributed by atoms with van der Waals surface area (Å²) >= 11 is 0. The van der Waals surface area contributed by atoms with Gasteiger partial charge in [-0.2, -0.15) is 4.98 Å². The number of anilines is 2. The molecule has 0 aliphatic rings. The molecule has 0 fully saturated rings. The summed E-state index contributed by atoms with van der Waals surface area (Å²) in [6.45, 7) is 6.71. The van der Waals surface area contributed by atoms with Crippen molar-refractivity contribution in [1.29, 1.82) is 0 Å². The average Bonchev–Trinajstić information content (AvgIpc) is 3.11. The van der Waals surface area contributed by atoms with Crippen LogP contribution in [0.15, 0.2) is 30.6 Å². The van der Waals surface area contributed by atoms with Crippen LogP contribution in [-0.2, 0) is 13.1 Å². The highest BCUT2D eigenvalue weighted by Crippen LogP contribution is 2.21. The van der Waals surface area contributed by atoms with Crippen molar-refractivity contribution in [2.45, 2.75) is 39.4 Å². The van der Waals surface area contributed by atoms with Crippen molar-refractivity contribution in [3.8, 4) is 11.8 Å². The fourth-order valence-corrected chi connectivity index (χ4v) is 2.97. The number of hydrogen-bond donors (Lipinski definition) is 4. The van der Waals surface area contributed by atoms with E-state index in [1.165, 1.54) is 0 Å². The zero-order valence-electron chi connectivity index (χ0n) is 18.3. The first-order valence-electron chi connectivity index (χ1n) is 10.0. The van der Waals surface area contributed by atoms with E-state index in [1.54, 1.807) is 30.9 Å². The lowest BCUT2D eigenvalue weighted by atomic mass is 10.1. The van der Waals surface area contributed by atoms with E-state index in [1.807, 2.05) is 32.0 Å². The van der Waals surface area contributed by atoms with E-state index < -0.39 is 5.54 Å². The van der Waals surface area contributed by atoms with Crippen molar-refractivity contribution in [2.24, 2.45) is 5.73 Å². The lowest BCUT2D eigenvalue weighted by Crippen LogP contribution is -2.40. The Bertz CT molecular complexity index is 1130. The molecule has 0 saturated carbocycles. The molecule has 3 aromatic rings. The van der Waals surface area contributed by atoms with Gasteiger partial charge in [0.05, 0.1) is 17.6 Å². The summed E-state index contributed by atoms with van der Waals surface area (Å²) in [4.78, 5) is 26.4. The van der Waals surface area contributed by atoms with Crippen molar-refractivity contribution >= 4 is 28.7 Å². The number of pyridine rings is 2. The SMILES string of the molecule is CC#CCn1c(NCC(C)(C)N)nc(NC)c1C(=O)NCc1cnc2cccnc2c1. The van der Waals surface area contributed by atoms with Gasteiger partial charge >= 0.3 is 0 Å². The van der Waals surface area contributed by atoms with Gasteiger partial charge < -0.3 is 21.7 Å². The summed E-state index contributed by atoms with van der Waals surface area (Å²) in [6.07, 6.45) is 3.45. The molecule has 0 unspecified atom stereocenters. The lowest BCUT2D eigenvalue weighted by Gasteiger charge is -2.19. The third-order valence-electron chi connectivity index (χ3n) is 4.50. The second-order valence-corrected chi connectivity index (χ2v) is 7.81. The zero-order valence-corrected chi connectivity index (χ0v) is 18.3. The van der Waals surface area contributed by atoms with Gasteiger partial charge in [-0.15, -0.1) is 5.92 Å². The molecule has 0 saturated heterocycles. The van der Waals surface area contributed by atoms with Crippen LogP contribution >= 0.6 is 0 Å². The monoisotopic (exact) mass is 420 g/mol. The highest BCUT2D eigenvalue weighted by atomic mass is 16.2. The predicted molar refractivity (Wildman–Crippen MR) is 123 cm³/mol. The molecule has 0 bridgehead atoms. The van der Waals surface area contributed by atoms with Crippen LogP contribution in [-0.4, -0.2) is 44.6 Å². The first-order chi connectivity index (χ1) is 14.8. The maximum Gasteiger partial charge on any atom is 0.272 e. The predicted octanol–water partition coefficient (Wildman–Crippen LogP) is 1.97. The van der Waals surface area contributed by atoms with E-state index in [9.17, 15) is 4.79 Å². The normalized spacial score (nSPS) is 11.0. The van der Waals surface area contributed by atoms with E-state index in [0.717, 1.165) is 16.6 Å². The van der Waals surface area contributed by atoms with E-state index in [0.29, 0.717) is 37.1 Å². The Morgan fingerprint density at radius 3 is 2.81 bits per heavy atom. The van der Waals surface area contributed by atoms with Crippen LogP contribution in [0.4, 0.5) is 11.8 Å². The Morgan fingerprint density at radius 1 is 1.29 bits per heavy atom. The molecule has 0 atom stereocenters. The summed E-state index contributed by atoms with van der Waals surface area (Å²) in [5.41, 5.74) is 8.50. The molecule has 3 rings (SSSR count). The molecule has 1 amide bonds. The topological polar surface area (TPSA) is 123 Å². The molecule has 0 spiro atoms. The van der Waals surface area contributed by atoms with Crippen LogP contribution in [0.3, 0.4) is 0 Å². The summed E-state index contributed by atoms with van der Waals surface area (Å²) in [6, 6.07) is 5.65. The molecule has 9 heteroatoms. The van der Waals surface area contributed by atoms with E-state index >= 15 is 0 Å². The van der Waals surface area contributed by atoms with E-state index in [4.69, 9.17) is 5.73 Å². The summed E-state index contributed by atoms with van der Waals surface area (Å²) in [5.74, 6) is 6.60. The van der Waals surface area contributed by atoms with Gasteiger partial charge in [0, 0.05) is 38.1 Å².